The standard InChI is InChI=1S/C13H20N2/c1-4-5-11-14-13(15(2)3)12-9-7-6-8-10-12/h6-10H,4-5,11H2,1-3H3. The fourth-order valence-electron chi connectivity index (χ4n) is 1.42. The van der Waals surface area contributed by atoms with Gasteiger partial charge in [-0.3, -0.25) is 4.99 Å². The fourth-order valence-corrected chi connectivity index (χ4v) is 1.42. The molecule has 0 aliphatic rings. The Labute approximate surface area is 92.6 Å². The first-order valence-corrected chi connectivity index (χ1v) is 5.53. The van der Waals surface area contributed by atoms with E-state index >= 15 is 0 Å². The van der Waals surface area contributed by atoms with E-state index in [2.05, 4.69) is 28.9 Å². The highest BCUT2D eigenvalue weighted by molar-refractivity contribution is 5.98. The molecule has 0 radical (unpaired) electrons. The molecule has 15 heavy (non-hydrogen) atoms. The van der Waals surface area contributed by atoms with Crippen molar-refractivity contribution in [3.05, 3.63) is 35.9 Å². The van der Waals surface area contributed by atoms with Crippen molar-refractivity contribution in [1.29, 1.82) is 0 Å². The maximum Gasteiger partial charge on any atom is 0.130 e. The van der Waals surface area contributed by atoms with E-state index in [1.165, 1.54) is 12.0 Å². The quantitative estimate of drug-likeness (QED) is 0.418. The van der Waals surface area contributed by atoms with Gasteiger partial charge in [-0.2, -0.15) is 0 Å². The van der Waals surface area contributed by atoms with Crippen LogP contribution in [0.15, 0.2) is 35.3 Å². The summed E-state index contributed by atoms with van der Waals surface area (Å²) >= 11 is 0. The van der Waals surface area contributed by atoms with Gasteiger partial charge in [0.25, 0.3) is 0 Å². The number of unbranched alkanes of at least 4 members (excludes halogenated alkanes) is 1. The normalized spacial score (nSPS) is 11.5. The lowest BCUT2D eigenvalue weighted by atomic mass is 10.2. The molecule has 82 valence electrons. The minimum Gasteiger partial charge on any atom is -0.363 e. The molecule has 1 aromatic carbocycles. The van der Waals surface area contributed by atoms with Crippen LogP contribution >= 0.6 is 0 Å². The minimum atomic E-state index is 0.916. The number of rotatable bonds is 4. The summed E-state index contributed by atoms with van der Waals surface area (Å²) in [4.78, 5) is 6.70. The first-order chi connectivity index (χ1) is 7.25. The summed E-state index contributed by atoms with van der Waals surface area (Å²) in [5.74, 6) is 1.07. The summed E-state index contributed by atoms with van der Waals surface area (Å²) in [6.07, 6.45) is 2.35. The highest BCUT2D eigenvalue weighted by Crippen LogP contribution is 2.04. The molecule has 0 N–H and O–H groups in total. The molecule has 2 nitrogen and oxygen atoms in total. The van der Waals surface area contributed by atoms with Gasteiger partial charge in [-0.25, -0.2) is 0 Å². The van der Waals surface area contributed by atoms with Gasteiger partial charge in [0.1, 0.15) is 5.84 Å². The van der Waals surface area contributed by atoms with E-state index in [4.69, 9.17) is 0 Å². The predicted octanol–water partition coefficient (Wildman–Crippen LogP) is 2.79. The summed E-state index contributed by atoms with van der Waals surface area (Å²) in [5.41, 5.74) is 1.19. The molecular weight excluding hydrogens is 184 g/mol. The van der Waals surface area contributed by atoms with Crippen molar-refractivity contribution in [3.63, 3.8) is 0 Å². The molecule has 0 unspecified atom stereocenters. The monoisotopic (exact) mass is 204 g/mol. The van der Waals surface area contributed by atoms with Crippen LogP contribution in [0, 0.1) is 0 Å². The maximum absolute atomic E-state index is 4.63. The Hall–Kier alpha value is -1.31. The molecule has 0 heterocycles. The molecule has 0 bridgehead atoms. The SMILES string of the molecule is CCCCN=C(c1ccccc1)N(C)C. The molecule has 0 fully saturated rings. The number of amidine groups is 1. The predicted molar refractivity (Wildman–Crippen MR) is 66.4 cm³/mol. The summed E-state index contributed by atoms with van der Waals surface area (Å²) in [7, 11) is 4.08. The summed E-state index contributed by atoms with van der Waals surface area (Å²) in [6.45, 7) is 3.10. The van der Waals surface area contributed by atoms with Gasteiger partial charge < -0.3 is 4.90 Å². The van der Waals surface area contributed by atoms with E-state index in [0.29, 0.717) is 0 Å². The van der Waals surface area contributed by atoms with E-state index in [9.17, 15) is 0 Å². The first-order valence-electron chi connectivity index (χ1n) is 5.53. The third kappa shape index (κ3) is 3.74. The highest BCUT2D eigenvalue weighted by atomic mass is 15.1. The zero-order chi connectivity index (χ0) is 11.1. The summed E-state index contributed by atoms with van der Waals surface area (Å²) < 4.78 is 0. The van der Waals surface area contributed by atoms with Crippen LogP contribution in [0.2, 0.25) is 0 Å². The third-order valence-corrected chi connectivity index (χ3v) is 2.23. The topological polar surface area (TPSA) is 15.6 Å². The minimum absolute atomic E-state index is 0.916. The Balaban J connectivity index is 2.79. The number of aliphatic imine (C=N–C) groups is 1. The molecule has 0 amide bonds. The molecule has 1 rings (SSSR count). The fraction of sp³-hybridized carbons (Fsp3) is 0.462. The van der Waals surface area contributed by atoms with Crippen LogP contribution in [0.5, 0.6) is 0 Å². The van der Waals surface area contributed by atoms with Crippen molar-refractivity contribution in [3.8, 4) is 0 Å². The van der Waals surface area contributed by atoms with Crippen LogP contribution < -0.4 is 0 Å². The van der Waals surface area contributed by atoms with E-state index < -0.39 is 0 Å². The number of hydrogen-bond acceptors (Lipinski definition) is 1. The van der Waals surface area contributed by atoms with Crippen molar-refractivity contribution < 1.29 is 0 Å². The molecule has 0 saturated heterocycles. The van der Waals surface area contributed by atoms with Crippen molar-refractivity contribution in [2.24, 2.45) is 4.99 Å². The lowest BCUT2D eigenvalue weighted by molar-refractivity contribution is 0.616. The second-order valence-corrected chi connectivity index (χ2v) is 3.82. The largest absolute Gasteiger partial charge is 0.363 e. The zero-order valence-corrected chi connectivity index (χ0v) is 9.90. The molecular formula is C13H20N2. The molecule has 1 aromatic rings. The van der Waals surface area contributed by atoms with Gasteiger partial charge in [0.05, 0.1) is 0 Å². The van der Waals surface area contributed by atoms with E-state index in [1.807, 2.05) is 32.3 Å². The Bertz CT molecular complexity index is 302. The number of nitrogens with zero attached hydrogens (tertiary/aromatic N) is 2. The average molecular weight is 204 g/mol. The average Bonchev–Trinajstić information content (AvgIpc) is 2.25. The van der Waals surface area contributed by atoms with Crippen LogP contribution in [0.1, 0.15) is 25.3 Å². The highest BCUT2D eigenvalue weighted by Gasteiger charge is 2.03. The van der Waals surface area contributed by atoms with Crippen molar-refractivity contribution in [1.82, 2.24) is 4.90 Å². The van der Waals surface area contributed by atoms with Crippen molar-refractivity contribution in [2.45, 2.75) is 19.8 Å². The van der Waals surface area contributed by atoms with Gasteiger partial charge in [-0.1, -0.05) is 43.7 Å². The lowest BCUT2D eigenvalue weighted by Crippen LogP contribution is -2.23. The number of hydrogen-bond donors (Lipinski definition) is 0. The second kappa shape index (κ2) is 6.23. The summed E-state index contributed by atoms with van der Waals surface area (Å²) in [5, 5.41) is 0. The van der Waals surface area contributed by atoms with E-state index in [-0.39, 0.29) is 0 Å². The lowest BCUT2D eigenvalue weighted by Gasteiger charge is -2.16. The Kier molecular flexibility index (Phi) is 4.88. The van der Waals surface area contributed by atoms with Crippen LogP contribution in [-0.2, 0) is 0 Å². The molecule has 0 atom stereocenters. The Morgan fingerprint density at radius 1 is 1.20 bits per heavy atom. The smallest absolute Gasteiger partial charge is 0.130 e. The van der Waals surface area contributed by atoms with Gasteiger partial charge in [0.2, 0.25) is 0 Å². The molecule has 0 aromatic heterocycles. The van der Waals surface area contributed by atoms with E-state index in [0.717, 1.165) is 18.8 Å². The van der Waals surface area contributed by atoms with Crippen molar-refractivity contribution in [2.75, 3.05) is 20.6 Å². The van der Waals surface area contributed by atoms with Gasteiger partial charge in [-0.05, 0) is 6.42 Å². The second-order valence-electron chi connectivity index (χ2n) is 3.82. The zero-order valence-electron chi connectivity index (χ0n) is 9.90. The maximum atomic E-state index is 4.63. The Morgan fingerprint density at radius 2 is 1.87 bits per heavy atom. The van der Waals surface area contributed by atoms with Gasteiger partial charge in [-0.15, -0.1) is 0 Å². The first kappa shape index (κ1) is 11.8. The van der Waals surface area contributed by atoms with Crippen LogP contribution in [-0.4, -0.2) is 31.4 Å². The van der Waals surface area contributed by atoms with Crippen LogP contribution in [0.25, 0.3) is 0 Å². The van der Waals surface area contributed by atoms with Gasteiger partial charge in [0.15, 0.2) is 0 Å². The van der Waals surface area contributed by atoms with Gasteiger partial charge >= 0.3 is 0 Å². The third-order valence-electron chi connectivity index (χ3n) is 2.23. The number of benzene rings is 1. The van der Waals surface area contributed by atoms with E-state index in [1.54, 1.807) is 0 Å². The molecule has 0 aliphatic heterocycles. The summed E-state index contributed by atoms with van der Waals surface area (Å²) in [6, 6.07) is 10.3. The molecule has 0 spiro atoms. The van der Waals surface area contributed by atoms with Crippen molar-refractivity contribution >= 4 is 5.84 Å². The Morgan fingerprint density at radius 3 is 2.40 bits per heavy atom. The molecule has 0 saturated carbocycles. The van der Waals surface area contributed by atoms with Crippen LogP contribution in [0.4, 0.5) is 0 Å². The molecule has 2 heteroatoms. The molecule has 0 aliphatic carbocycles. The van der Waals surface area contributed by atoms with Crippen LogP contribution in [0.3, 0.4) is 0 Å². The van der Waals surface area contributed by atoms with Gasteiger partial charge in [0, 0.05) is 26.2 Å².